The van der Waals surface area contributed by atoms with Crippen molar-refractivity contribution in [1.82, 2.24) is 34.5 Å². The lowest BCUT2D eigenvalue weighted by molar-refractivity contribution is -0.141. The molecular formula is C28H27ClF4N8O3. The number of alkyl halides is 3. The lowest BCUT2D eigenvalue weighted by atomic mass is 10.1. The van der Waals surface area contributed by atoms with Gasteiger partial charge in [0.15, 0.2) is 11.5 Å². The molecule has 1 aliphatic rings. The number of aromatic carboxylic acids is 1. The van der Waals surface area contributed by atoms with Crippen LogP contribution in [-0.2, 0) is 6.18 Å². The second-order valence-corrected chi connectivity index (χ2v) is 10.5. The molecule has 5 rings (SSSR count). The number of hydrogen-bond acceptors (Lipinski definition) is 9. The van der Waals surface area contributed by atoms with Gasteiger partial charge >= 0.3 is 12.1 Å². The summed E-state index contributed by atoms with van der Waals surface area (Å²) in [6.45, 7) is 5.78. The van der Waals surface area contributed by atoms with Crippen LogP contribution in [0.25, 0.3) is 16.9 Å². The molecular weight excluding hydrogens is 608 g/mol. The average molecular weight is 635 g/mol. The smallest absolute Gasteiger partial charge is 0.435 e. The zero-order valence-electron chi connectivity index (χ0n) is 23.6. The van der Waals surface area contributed by atoms with E-state index in [4.69, 9.17) is 16.3 Å². The lowest BCUT2D eigenvalue weighted by Crippen LogP contribution is -2.45. The maximum absolute atomic E-state index is 13.6. The van der Waals surface area contributed by atoms with E-state index in [0.717, 1.165) is 43.0 Å². The number of aromatic nitrogens is 5. The molecule has 11 nitrogen and oxygen atoms in total. The number of piperazine rings is 1. The fourth-order valence-electron chi connectivity index (χ4n) is 4.54. The summed E-state index contributed by atoms with van der Waals surface area (Å²) in [6.07, 6.45) is -2.10. The Morgan fingerprint density at radius 3 is 2.52 bits per heavy atom. The summed E-state index contributed by atoms with van der Waals surface area (Å²) in [6, 6.07) is 5.95. The van der Waals surface area contributed by atoms with Crippen LogP contribution in [0, 0.1) is 12.7 Å². The minimum atomic E-state index is -4.73. The van der Waals surface area contributed by atoms with Gasteiger partial charge in [-0.15, -0.1) is 0 Å². The van der Waals surface area contributed by atoms with E-state index in [1.807, 2.05) is 7.05 Å². The van der Waals surface area contributed by atoms with Crippen molar-refractivity contribution in [1.29, 1.82) is 0 Å². The van der Waals surface area contributed by atoms with E-state index < -0.39 is 23.7 Å². The third-order valence-corrected chi connectivity index (χ3v) is 7.25. The Morgan fingerprint density at radius 2 is 1.86 bits per heavy atom. The number of nitrogens with one attached hydrogen (secondary N) is 1. The molecule has 0 aliphatic carbocycles. The lowest BCUT2D eigenvalue weighted by Gasteiger charge is -2.32. The van der Waals surface area contributed by atoms with E-state index in [0.29, 0.717) is 12.2 Å². The van der Waals surface area contributed by atoms with Crippen LogP contribution in [-0.4, -0.2) is 92.0 Å². The highest BCUT2D eigenvalue weighted by atomic mass is 35.5. The molecule has 3 aromatic heterocycles. The first-order valence-corrected chi connectivity index (χ1v) is 13.8. The number of anilines is 2. The summed E-state index contributed by atoms with van der Waals surface area (Å²) < 4.78 is 60.9. The van der Waals surface area contributed by atoms with Crippen LogP contribution in [0.5, 0.6) is 5.88 Å². The Kier molecular flexibility index (Phi) is 8.99. The summed E-state index contributed by atoms with van der Waals surface area (Å²) in [7, 11) is 2.05. The van der Waals surface area contributed by atoms with Gasteiger partial charge in [-0.05, 0) is 44.3 Å². The molecule has 1 aliphatic heterocycles. The topological polar surface area (TPSA) is 122 Å². The van der Waals surface area contributed by atoms with Crippen LogP contribution < -0.4 is 10.1 Å². The van der Waals surface area contributed by atoms with Crippen molar-refractivity contribution in [2.24, 2.45) is 0 Å². The van der Waals surface area contributed by atoms with Gasteiger partial charge in [0.2, 0.25) is 11.8 Å². The number of rotatable bonds is 9. The molecule has 1 fully saturated rings. The van der Waals surface area contributed by atoms with Crippen molar-refractivity contribution in [2.45, 2.75) is 13.1 Å². The van der Waals surface area contributed by atoms with Gasteiger partial charge in [-0.1, -0.05) is 11.6 Å². The molecule has 0 radical (unpaired) electrons. The highest BCUT2D eigenvalue weighted by Crippen LogP contribution is 2.33. The monoisotopic (exact) mass is 634 g/mol. The van der Waals surface area contributed by atoms with E-state index in [2.05, 4.69) is 35.2 Å². The van der Waals surface area contributed by atoms with Crippen molar-refractivity contribution in [3.63, 3.8) is 0 Å². The number of nitrogens with zero attached hydrogens (tertiary/aromatic N) is 7. The molecule has 0 saturated carbocycles. The first-order chi connectivity index (χ1) is 20.9. The number of carboxylic acid groups (broad SMARTS) is 1. The van der Waals surface area contributed by atoms with E-state index in [-0.39, 0.29) is 51.7 Å². The van der Waals surface area contributed by atoms with Gasteiger partial charge in [0.25, 0.3) is 0 Å². The van der Waals surface area contributed by atoms with E-state index in [9.17, 15) is 27.5 Å². The number of carbonyl (C=O) groups is 1. The van der Waals surface area contributed by atoms with Crippen LogP contribution in [0.3, 0.4) is 0 Å². The molecule has 0 amide bonds. The van der Waals surface area contributed by atoms with Gasteiger partial charge in [-0.3, -0.25) is 4.90 Å². The maximum atomic E-state index is 13.6. The van der Waals surface area contributed by atoms with Crippen molar-refractivity contribution in [3.8, 4) is 22.8 Å². The normalized spacial score (nSPS) is 14.5. The summed E-state index contributed by atoms with van der Waals surface area (Å²) in [5, 5.41) is 16.3. The molecule has 0 spiro atoms. The Balaban J connectivity index is 1.49. The second kappa shape index (κ2) is 12.7. The summed E-state index contributed by atoms with van der Waals surface area (Å²) in [5.41, 5.74) is -0.634. The minimum absolute atomic E-state index is 0.0647. The number of aryl methyl sites for hydroxylation is 1. The van der Waals surface area contributed by atoms with Crippen molar-refractivity contribution < 1.29 is 32.2 Å². The molecule has 4 heterocycles. The Hall–Kier alpha value is -4.34. The van der Waals surface area contributed by atoms with Crippen molar-refractivity contribution in [2.75, 3.05) is 51.7 Å². The van der Waals surface area contributed by atoms with Gasteiger partial charge in [0.1, 0.15) is 18.0 Å². The van der Waals surface area contributed by atoms with Crippen LogP contribution >= 0.6 is 11.6 Å². The standard InChI is InChI=1S/C28H27ClF4N8O3/c1-16-11-23(28(31,32)33)38-41(16)24-20(15-35-27(37-24)36-18-3-4-22(30)21(29)13-18)17-12-19(26(42)43)25(34-14-17)44-10-9-40-7-5-39(2)6-8-40/h3-4,11-15H,5-10H2,1-2H3,(H,42,43)(H,35,36,37). The highest BCUT2D eigenvalue weighted by molar-refractivity contribution is 6.31. The van der Waals surface area contributed by atoms with E-state index >= 15 is 0 Å². The first kappa shape index (κ1) is 31.1. The zero-order valence-corrected chi connectivity index (χ0v) is 24.3. The number of carboxylic acids is 1. The summed E-state index contributed by atoms with van der Waals surface area (Å²) in [4.78, 5) is 29.4. The van der Waals surface area contributed by atoms with Crippen molar-refractivity contribution in [3.05, 3.63) is 70.5 Å². The maximum Gasteiger partial charge on any atom is 0.435 e. The number of likely N-dealkylation sites (N-methyl/N-ethyl adjacent to an activating group) is 1. The van der Waals surface area contributed by atoms with Gasteiger partial charge in [-0.2, -0.15) is 23.3 Å². The third kappa shape index (κ3) is 7.06. The third-order valence-electron chi connectivity index (χ3n) is 6.96. The van der Waals surface area contributed by atoms with E-state index in [1.165, 1.54) is 37.5 Å². The Morgan fingerprint density at radius 1 is 1.11 bits per heavy atom. The molecule has 4 aromatic rings. The number of pyridine rings is 1. The van der Waals surface area contributed by atoms with E-state index in [1.54, 1.807) is 0 Å². The molecule has 232 valence electrons. The second-order valence-electron chi connectivity index (χ2n) is 10.1. The average Bonchev–Trinajstić information content (AvgIpc) is 3.38. The van der Waals surface area contributed by atoms with Gasteiger partial charge in [0.05, 0.1) is 5.02 Å². The molecule has 0 atom stereocenters. The SMILES string of the molecule is Cc1cc(C(F)(F)F)nn1-c1nc(Nc2ccc(F)c(Cl)c2)ncc1-c1cnc(OCCN2CCN(C)CC2)c(C(=O)O)c1. The fraction of sp³-hybridized carbons (Fsp3) is 0.321. The summed E-state index contributed by atoms with van der Waals surface area (Å²) >= 11 is 5.86. The molecule has 44 heavy (non-hydrogen) atoms. The molecule has 0 bridgehead atoms. The minimum Gasteiger partial charge on any atom is -0.477 e. The van der Waals surface area contributed by atoms with Gasteiger partial charge in [-0.25, -0.2) is 23.8 Å². The van der Waals surface area contributed by atoms with Crippen molar-refractivity contribution >= 4 is 29.2 Å². The predicted molar refractivity (Wildman–Crippen MR) is 153 cm³/mol. The van der Waals surface area contributed by atoms with Crippen LogP contribution in [0.4, 0.5) is 29.2 Å². The first-order valence-electron chi connectivity index (χ1n) is 13.4. The van der Waals surface area contributed by atoms with Gasteiger partial charge in [0, 0.05) is 67.6 Å². The predicted octanol–water partition coefficient (Wildman–Crippen LogP) is 4.91. The summed E-state index contributed by atoms with van der Waals surface area (Å²) in [5.74, 6) is -2.21. The number of halogens is 5. The number of hydrogen-bond donors (Lipinski definition) is 2. The molecule has 2 N–H and O–H groups in total. The van der Waals surface area contributed by atoms with Crippen LogP contribution in [0.2, 0.25) is 5.02 Å². The molecule has 0 unspecified atom stereocenters. The molecule has 1 saturated heterocycles. The fourth-order valence-corrected chi connectivity index (χ4v) is 4.72. The van der Waals surface area contributed by atoms with Crippen LogP contribution in [0.1, 0.15) is 21.7 Å². The number of ether oxygens (including phenoxy) is 1. The Labute approximate surface area is 254 Å². The zero-order chi connectivity index (χ0) is 31.6. The van der Waals surface area contributed by atoms with Crippen LogP contribution in [0.15, 0.2) is 42.7 Å². The van der Waals surface area contributed by atoms with Gasteiger partial charge < -0.3 is 20.1 Å². The largest absolute Gasteiger partial charge is 0.477 e. The molecule has 16 heteroatoms. The molecule has 1 aromatic carbocycles. The highest BCUT2D eigenvalue weighted by Gasteiger charge is 2.35. The number of benzene rings is 1. The quantitative estimate of drug-likeness (QED) is 0.246. The Bertz CT molecular complexity index is 1680.